The van der Waals surface area contributed by atoms with Crippen LogP contribution in [0.2, 0.25) is 0 Å². The Morgan fingerprint density at radius 1 is 1.05 bits per heavy atom. The van der Waals surface area contributed by atoms with Crippen LogP contribution < -0.4 is 15.0 Å². The van der Waals surface area contributed by atoms with Gasteiger partial charge in [0, 0.05) is 24.2 Å². The lowest BCUT2D eigenvalue weighted by molar-refractivity contribution is 0.309. The molecule has 0 amide bonds. The second-order valence-electron chi connectivity index (χ2n) is 9.22. The molecule has 0 saturated carbocycles. The van der Waals surface area contributed by atoms with Gasteiger partial charge in [-0.05, 0) is 70.6 Å². The van der Waals surface area contributed by atoms with Crippen molar-refractivity contribution in [3.8, 4) is 28.4 Å². The van der Waals surface area contributed by atoms with Crippen LogP contribution in [-0.2, 0) is 13.1 Å². The quantitative estimate of drug-likeness (QED) is 0.317. The van der Waals surface area contributed by atoms with Gasteiger partial charge in [0.25, 0.3) is 0 Å². The molecule has 1 aliphatic heterocycles. The average molecular weight is 506 g/mol. The highest BCUT2D eigenvalue weighted by atomic mass is 19.1. The first-order chi connectivity index (χ1) is 17.9. The molecule has 192 valence electrons. The predicted octanol–water partition coefficient (Wildman–Crippen LogP) is 5.51. The number of anilines is 1. The fraction of sp³-hybridized carbons (Fsp3) is 0.321. The van der Waals surface area contributed by atoms with E-state index in [2.05, 4.69) is 10.5 Å². The molecule has 0 atom stereocenters. The third-order valence-corrected chi connectivity index (χ3v) is 6.63. The van der Waals surface area contributed by atoms with Crippen molar-refractivity contribution in [3.05, 3.63) is 76.2 Å². The van der Waals surface area contributed by atoms with Crippen LogP contribution >= 0.6 is 0 Å². The van der Waals surface area contributed by atoms with E-state index in [1.54, 1.807) is 18.2 Å². The monoisotopic (exact) mass is 505 g/mol. The van der Waals surface area contributed by atoms with Gasteiger partial charge < -0.3 is 19.5 Å². The summed E-state index contributed by atoms with van der Waals surface area (Å²) in [6.07, 6.45) is 0.816. The molecule has 1 aliphatic rings. The third-order valence-electron chi connectivity index (χ3n) is 6.63. The Morgan fingerprint density at radius 3 is 2.62 bits per heavy atom. The number of rotatable bonds is 8. The zero-order valence-electron chi connectivity index (χ0n) is 21.4. The van der Waals surface area contributed by atoms with Gasteiger partial charge in [-0.15, -0.1) is 0 Å². The molecule has 4 aromatic rings. The topological polar surface area (TPSA) is 76.3 Å². The summed E-state index contributed by atoms with van der Waals surface area (Å²) in [7, 11) is 1.88. The van der Waals surface area contributed by atoms with E-state index in [-0.39, 0.29) is 17.2 Å². The van der Waals surface area contributed by atoms with Crippen LogP contribution in [0.5, 0.6) is 5.75 Å². The van der Waals surface area contributed by atoms with Crippen molar-refractivity contribution < 1.29 is 18.0 Å². The maximum Gasteiger partial charge on any atom is 0.165 e. The average Bonchev–Trinajstić information content (AvgIpc) is 3.47. The van der Waals surface area contributed by atoms with Crippen molar-refractivity contribution in [3.63, 3.8) is 0 Å². The van der Waals surface area contributed by atoms with Crippen LogP contribution in [0.15, 0.2) is 40.9 Å². The van der Waals surface area contributed by atoms with Crippen molar-refractivity contribution >= 4 is 5.82 Å². The van der Waals surface area contributed by atoms with E-state index in [4.69, 9.17) is 19.2 Å². The molecule has 0 spiro atoms. The number of halogens is 2. The van der Waals surface area contributed by atoms with E-state index in [0.29, 0.717) is 54.0 Å². The molecule has 0 radical (unpaired) electrons. The summed E-state index contributed by atoms with van der Waals surface area (Å²) in [5.74, 6) is 1.26. The summed E-state index contributed by atoms with van der Waals surface area (Å²) in [5, 5.41) is 7.17. The first-order valence-electron chi connectivity index (χ1n) is 12.3. The number of fused-ring (bicyclic) bond motifs is 1. The molecule has 37 heavy (non-hydrogen) atoms. The Bertz CT molecular complexity index is 1430. The fourth-order valence-corrected chi connectivity index (χ4v) is 4.73. The highest BCUT2D eigenvalue weighted by molar-refractivity contribution is 5.75. The summed E-state index contributed by atoms with van der Waals surface area (Å²) in [4.78, 5) is 11.6. The van der Waals surface area contributed by atoms with Crippen LogP contribution in [0.4, 0.5) is 14.6 Å². The lowest BCUT2D eigenvalue weighted by Gasteiger charge is -2.22. The molecule has 9 heteroatoms. The summed E-state index contributed by atoms with van der Waals surface area (Å²) < 4.78 is 41.0. The van der Waals surface area contributed by atoms with Gasteiger partial charge in [0.15, 0.2) is 5.82 Å². The van der Waals surface area contributed by atoms with Crippen molar-refractivity contribution in [1.29, 1.82) is 0 Å². The molecule has 2 aromatic carbocycles. The van der Waals surface area contributed by atoms with Gasteiger partial charge in [-0.25, -0.2) is 18.7 Å². The van der Waals surface area contributed by atoms with Crippen LogP contribution in [0, 0.1) is 32.4 Å². The van der Waals surface area contributed by atoms with Crippen LogP contribution in [0.1, 0.15) is 34.6 Å². The molecule has 3 heterocycles. The van der Waals surface area contributed by atoms with Gasteiger partial charge in [-0.1, -0.05) is 17.3 Å². The zero-order chi connectivity index (χ0) is 26.1. The van der Waals surface area contributed by atoms with Crippen LogP contribution in [0.25, 0.3) is 22.6 Å². The van der Waals surface area contributed by atoms with E-state index in [9.17, 15) is 4.39 Å². The summed E-state index contributed by atoms with van der Waals surface area (Å²) in [6.45, 7) is 7.73. The molecule has 2 aromatic heterocycles. The second kappa shape index (κ2) is 10.3. The zero-order valence-corrected chi connectivity index (χ0v) is 21.4. The summed E-state index contributed by atoms with van der Waals surface area (Å²) >= 11 is 0. The molecule has 1 N–H and O–H groups in total. The van der Waals surface area contributed by atoms with Gasteiger partial charge in [-0.2, -0.15) is 0 Å². The first kappa shape index (κ1) is 24.8. The minimum atomic E-state index is -0.460. The fourth-order valence-electron chi connectivity index (χ4n) is 4.73. The number of hydrogen-bond acceptors (Lipinski definition) is 7. The van der Waals surface area contributed by atoms with Gasteiger partial charge in [0.2, 0.25) is 0 Å². The maximum atomic E-state index is 15.2. The Balaban J connectivity index is 1.61. The van der Waals surface area contributed by atoms with Gasteiger partial charge >= 0.3 is 0 Å². The number of nitrogens with zero attached hydrogens (tertiary/aromatic N) is 4. The van der Waals surface area contributed by atoms with E-state index in [0.717, 1.165) is 29.7 Å². The highest BCUT2D eigenvalue weighted by Gasteiger charge is 2.28. The van der Waals surface area contributed by atoms with Crippen LogP contribution in [0.3, 0.4) is 0 Å². The van der Waals surface area contributed by atoms with Crippen molar-refractivity contribution in [2.45, 2.75) is 40.3 Å². The largest absolute Gasteiger partial charge is 0.494 e. The predicted molar refractivity (Wildman–Crippen MR) is 137 cm³/mol. The maximum absolute atomic E-state index is 15.2. The highest BCUT2D eigenvalue weighted by Crippen LogP contribution is 2.38. The number of hydrogen-bond donors (Lipinski definition) is 1. The van der Waals surface area contributed by atoms with E-state index >= 15 is 4.39 Å². The Hall–Kier alpha value is -3.85. The lowest BCUT2D eigenvalue weighted by Crippen LogP contribution is -2.19. The molecular weight excluding hydrogens is 476 g/mol. The molecule has 0 unspecified atom stereocenters. The Morgan fingerprint density at radius 2 is 1.89 bits per heavy atom. The molecule has 5 rings (SSSR count). The first-order valence-corrected chi connectivity index (χ1v) is 12.3. The number of ether oxygens (including phenoxy) is 1. The molecule has 0 bridgehead atoms. The van der Waals surface area contributed by atoms with Gasteiger partial charge in [-0.3, -0.25) is 0 Å². The molecule has 7 nitrogen and oxygen atoms in total. The number of aromatic nitrogens is 3. The van der Waals surface area contributed by atoms with Crippen molar-refractivity contribution in [2.24, 2.45) is 0 Å². The van der Waals surface area contributed by atoms with E-state index in [1.807, 2.05) is 38.8 Å². The van der Waals surface area contributed by atoms with Gasteiger partial charge in [0.1, 0.15) is 29.0 Å². The summed E-state index contributed by atoms with van der Waals surface area (Å²) in [6, 6.07) is 9.68. The van der Waals surface area contributed by atoms with E-state index in [1.165, 1.54) is 12.1 Å². The number of nitrogens with one attached hydrogen (secondary N) is 1. The minimum absolute atomic E-state index is 0.213. The number of benzene rings is 2. The summed E-state index contributed by atoms with van der Waals surface area (Å²) in [5.41, 5.74) is 4.58. The number of aryl methyl sites for hydroxylation is 2. The van der Waals surface area contributed by atoms with Crippen LogP contribution in [-0.4, -0.2) is 35.3 Å². The van der Waals surface area contributed by atoms with Crippen molar-refractivity contribution in [1.82, 2.24) is 20.4 Å². The molecule has 0 saturated heterocycles. The third kappa shape index (κ3) is 4.79. The van der Waals surface area contributed by atoms with E-state index < -0.39 is 5.82 Å². The minimum Gasteiger partial charge on any atom is -0.494 e. The second-order valence-corrected chi connectivity index (χ2v) is 9.22. The van der Waals surface area contributed by atoms with Crippen molar-refractivity contribution in [2.75, 3.05) is 25.1 Å². The SMILES string of the molecule is CNCCCOc1ccc(F)c(-c2nc(-c3c(C)noc3C)c(C)c(N3Cc4cccc(F)c4C3)n2)c1. The molecule has 0 fully saturated rings. The standard InChI is InChI=1S/C28H29F2N5O2/c1-16-26(25-17(2)34-37-18(25)3)32-27(21-13-20(9-10-24(21)30)36-12-6-11-31-4)33-28(16)35-14-19-7-5-8-23(29)22(19)15-35/h5,7-10,13,31H,6,11-12,14-15H2,1-4H3. The Kier molecular flexibility index (Phi) is 6.88. The lowest BCUT2D eigenvalue weighted by atomic mass is 10.0. The molecular formula is C28H29F2N5O2. The molecule has 0 aliphatic carbocycles. The normalized spacial score (nSPS) is 12.8. The Labute approximate surface area is 214 Å². The smallest absolute Gasteiger partial charge is 0.165 e. The van der Waals surface area contributed by atoms with Gasteiger partial charge in [0.05, 0.1) is 29.1 Å².